The lowest BCUT2D eigenvalue weighted by atomic mass is 9.82. The van der Waals surface area contributed by atoms with Crippen molar-refractivity contribution in [3.63, 3.8) is 0 Å². The van der Waals surface area contributed by atoms with Crippen molar-refractivity contribution in [1.29, 1.82) is 0 Å². The van der Waals surface area contributed by atoms with Gasteiger partial charge >= 0.3 is 12.2 Å². The van der Waals surface area contributed by atoms with Gasteiger partial charge in [-0.25, -0.2) is 4.79 Å². The monoisotopic (exact) mass is 372 g/mol. The summed E-state index contributed by atoms with van der Waals surface area (Å²) in [6.45, 7) is 7.27. The van der Waals surface area contributed by atoms with Crippen LogP contribution in [-0.2, 0) is 6.18 Å². The van der Waals surface area contributed by atoms with Crippen LogP contribution in [0.5, 0.6) is 0 Å². The Kier molecular flexibility index (Phi) is 5.36. The Balaban J connectivity index is 2.24. The average Bonchev–Trinajstić information content (AvgIpc) is 2.88. The van der Waals surface area contributed by atoms with Crippen molar-refractivity contribution in [2.75, 3.05) is 5.32 Å². The van der Waals surface area contributed by atoms with Crippen molar-refractivity contribution < 1.29 is 18.0 Å². The van der Waals surface area contributed by atoms with Crippen molar-refractivity contribution in [1.82, 2.24) is 15.5 Å². The lowest BCUT2D eigenvalue weighted by Crippen LogP contribution is -2.39. The lowest BCUT2D eigenvalue weighted by molar-refractivity contribution is -0.137. The predicted octanol–water partition coefficient (Wildman–Crippen LogP) is 4.77. The van der Waals surface area contributed by atoms with E-state index in [4.69, 9.17) is 0 Å². The van der Waals surface area contributed by atoms with E-state index in [0.717, 1.165) is 12.1 Å². The van der Waals surface area contributed by atoms with Crippen LogP contribution in [0.1, 0.15) is 42.9 Å². The van der Waals surface area contributed by atoms with Crippen molar-refractivity contribution in [2.45, 2.75) is 39.9 Å². The highest BCUT2D eigenvalue weighted by molar-refractivity contribution is 7.15. The van der Waals surface area contributed by atoms with Crippen LogP contribution in [0.25, 0.3) is 0 Å². The van der Waals surface area contributed by atoms with Crippen LogP contribution in [-0.4, -0.2) is 16.2 Å². The summed E-state index contributed by atoms with van der Waals surface area (Å²) in [5, 5.41) is 13.9. The molecule has 9 heteroatoms. The molecule has 1 atom stereocenters. The molecule has 0 fully saturated rings. The van der Waals surface area contributed by atoms with E-state index >= 15 is 0 Å². The average molecular weight is 372 g/mol. The molecular weight excluding hydrogens is 353 g/mol. The molecule has 1 unspecified atom stereocenters. The van der Waals surface area contributed by atoms with Gasteiger partial charge in [0, 0.05) is 0 Å². The van der Waals surface area contributed by atoms with E-state index in [1.165, 1.54) is 17.4 Å². The number of anilines is 1. The first-order valence-electron chi connectivity index (χ1n) is 7.51. The zero-order chi connectivity index (χ0) is 18.8. The summed E-state index contributed by atoms with van der Waals surface area (Å²) in [7, 11) is 0. The first-order valence-corrected chi connectivity index (χ1v) is 8.33. The molecule has 0 aliphatic carbocycles. The Morgan fingerprint density at radius 2 is 1.88 bits per heavy atom. The van der Waals surface area contributed by atoms with Crippen LogP contribution in [0.2, 0.25) is 0 Å². The first-order chi connectivity index (χ1) is 11.5. The third-order valence-electron chi connectivity index (χ3n) is 3.44. The smallest absolute Gasteiger partial charge is 0.330 e. The van der Waals surface area contributed by atoms with E-state index in [-0.39, 0.29) is 0 Å². The molecule has 0 bridgehead atoms. The molecular formula is C16H19F3N4OS. The number of benzene rings is 1. The van der Waals surface area contributed by atoms with Gasteiger partial charge in [-0.05, 0) is 30.0 Å². The molecule has 2 aromatic rings. The van der Waals surface area contributed by atoms with Gasteiger partial charge < -0.3 is 5.32 Å². The topological polar surface area (TPSA) is 66.9 Å². The van der Waals surface area contributed by atoms with Gasteiger partial charge in [0.1, 0.15) is 5.01 Å². The standard InChI is InChI=1S/C16H19F3N4OS/c1-9-22-23-14(25-9)21-13(24)20-12(15(2,3)4)10-6-5-7-11(8-10)16(17,18)19/h5-8,12H,1-4H3,(H2,20,21,23,24). The zero-order valence-corrected chi connectivity index (χ0v) is 15.0. The first kappa shape index (κ1) is 19.2. The second-order valence-electron chi connectivity index (χ2n) is 6.65. The highest BCUT2D eigenvalue weighted by Crippen LogP contribution is 2.36. The third-order valence-corrected chi connectivity index (χ3v) is 4.19. The molecule has 2 amide bonds. The highest BCUT2D eigenvalue weighted by atomic mass is 32.1. The maximum Gasteiger partial charge on any atom is 0.416 e. The molecule has 0 saturated heterocycles. The van der Waals surface area contributed by atoms with Crippen LogP contribution in [0.4, 0.5) is 23.1 Å². The van der Waals surface area contributed by atoms with Crippen molar-refractivity contribution in [3.8, 4) is 0 Å². The molecule has 1 aromatic heterocycles. The minimum atomic E-state index is -4.44. The summed E-state index contributed by atoms with van der Waals surface area (Å²) in [5.41, 5.74) is -0.870. The van der Waals surface area contributed by atoms with E-state index in [2.05, 4.69) is 20.8 Å². The van der Waals surface area contributed by atoms with Crippen LogP contribution in [0.15, 0.2) is 24.3 Å². The van der Waals surface area contributed by atoms with E-state index in [0.29, 0.717) is 15.7 Å². The number of carbonyl (C=O) groups is 1. The van der Waals surface area contributed by atoms with Gasteiger partial charge in [0.2, 0.25) is 5.13 Å². The molecule has 2 rings (SSSR count). The lowest BCUT2D eigenvalue weighted by Gasteiger charge is -2.32. The summed E-state index contributed by atoms with van der Waals surface area (Å²) in [6, 6.07) is 3.81. The molecule has 136 valence electrons. The number of nitrogens with zero attached hydrogens (tertiary/aromatic N) is 2. The summed E-state index contributed by atoms with van der Waals surface area (Å²) in [4.78, 5) is 12.2. The van der Waals surface area contributed by atoms with Crippen molar-refractivity contribution in [3.05, 3.63) is 40.4 Å². The molecule has 0 saturated carbocycles. The molecule has 0 aliphatic heterocycles. The fourth-order valence-electron chi connectivity index (χ4n) is 2.31. The van der Waals surface area contributed by atoms with E-state index < -0.39 is 29.2 Å². The Bertz CT molecular complexity index is 752. The summed E-state index contributed by atoms with van der Waals surface area (Å²) in [6.07, 6.45) is -4.44. The zero-order valence-electron chi connectivity index (χ0n) is 14.2. The van der Waals surface area contributed by atoms with Gasteiger partial charge in [0.05, 0.1) is 11.6 Å². The third kappa shape index (κ3) is 5.15. The number of aryl methyl sites for hydroxylation is 1. The van der Waals surface area contributed by atoms with Crippen molar-refractivity contribution >= 4 is 22.5 Å². The number of hydrogen-bond acceptors (Lipinski definition) is 4. The molecule has 0 aliphatic rings. The summed E-state index contributed by atoms with van der Waals surface area (Å²) in [5.74, 6) is 0. The molecule has 2 N–H and O–H groups in total. The molecule has 0 spiro atoms. The van der Waals surface area contributed by atoms with Gasteiger partial charge in [0.25, 0.3) is 0 Å². The summed E-state index contributed by atoms with van der Waals surface area (Å²) < 4.78 is 38.9. The van der Waals surface area contributed by atoms with Gasteiger partial charge in [-0.1, -0.05) is 44.2 Å². The van der Waals surface area contributed by atoms with Crippen molar-refractivity contribution in [2.24, 2.45) is 5.41 Å². The fraction of sp³-hybridized carbons (Fsp3) is 0.438. The normalized spacial score (nSPS) is 13.4. The Labute approximate surface area is 147 Å². The Hall–Kier alpha value is -2.16. The van der Waals surface area contributed by atoms with Gasteiger partial charge in [-0.15, -0.1) is 10.2 Å². The second kappa shape index (κ2) is 6.99. The van der Waals surface area contributed by atoms with Crippen LogP contribution in [0, 0.1) is 12.3 Å². The molecule has 1 heterocycles. The summed E-state index contributed by atoms with van der Waals surface area (Å²) >= 11 is 1.21. The number of aromatic nitrogens is 2. The number of nitrogens with one attached hydrogen (secondary N) is 2. The van der Waals surface area contributed by atoms with Gasteiger partial charge in [0.15, 0.2) is 0 Å². The van der Waals surface area contributed by atoms with E-state index in [1.807, 2.05) is 20.8 Å². The van der Waals surface area contributed by atoms with E-state index in [1.54, 1.807) is 13.0 Å². The van der Waals surface area contributed by atoms with Crippen LogP contribution < -0.4 is 10.6 Å². The number of hydrogen-bond donors (Lipinski definition) is 2. The Morgan fingerprint density at radius 1 is 1.20 bits per heavy atom. The van der Waals surface area contributed by atoms with Crippen LogP contribution >= 0.6 is 11.3 Å². The second-order valence-corrected chi connectivity index (χ2v) is 7.83. The fourth-order valence-corrected chi connectivity index (χ4v) is 2.89. The largest absolute Gasteiger partial charge is 0.416 e. The quantitative estimate of drug-likeness (QED) is 0.815. The molecule has 5 nitrogen and oxygen atoms in total. The minimum absolute atomic E-state index is 0.326. The highest BCUT2D eigenvalue weighted by Gasteiger charge is 2.33. The number of amides is 2. The minimum Gasteiger partial charge on any atom is -0.330 e. The predicted molar refractivity (Wildman–Crippen MR) is 90.4 cm³/mol. The maximum absolute atomic E-state index is 13.0. The number of carbonyl (C=O) groups excluding carboxylic acids is 1. The number of halogens is 3. The number of alkyl halides is 3. The molecule has 25 heavy (non-hydrogen) atoms. The van der Waals surface area contributed by atoms with Gasteiger partial charge in [-0.2, -0.15) is 13.2 Å². The maximum atomic E-state index is 13.0. The van der Waals surface area contributed by atoms with Crippen LogP contribution in [0.3, 0.4) is 0 Å². The Morgan fingerprint density at radius 3 is 2.40 bits per heavy atom. The van der Waals surface area contributed by atoms with E-state index in [9.17, 15) is 18.0 Å². The number of urea groups is 1. The van der Waals surface area contributed by atoms with Gasteiger partial charge in [-0.3, -0.25) is 5.32 Å². The molecule has 1 aromatic carbocycles. The molecule has 0 radical (unpaired) electrons. The number of rotatable bonds is 3. The SMILES string of the molecule is Cc1nnc(NC(=O)NC(c2cccc(C(F)(F)F)c2)C(C)(C)C)s1.